The van der Waals surface area contributed by atoms with Crippen LogP contribution in [-0.2, 0) is 25.9 Å². The molecule has 0 saturated carbocycles. The van der Waals surface area contributed by atoms with Crippen LogP contribution in [-0.4, -0.2) is 9.13 Å². The average molecular weight is 861 g/mol. The number of hydrogen-bond acceptors (Lipinski definition) is 4. The Morgan fingerprint density at radius 2 is 0.833 bits per heavy atom. The molecule has 8 aromatic rings. The van der Waals surface area contributed by atoms with Gasteiger partial charge in [0.2, 0.25) is 0 Å². The monoisotopic (exact) mass is 860 g/mol. The van der Waals surface area contributed by atoms with E-state index in [1.165, 1.54) is 124 Å². The Morgan fingerprint density at radius 3 is 1.23 bits per heavy atom. The molecule has 0 bridgehead atoms. The zero-order chi connectivity index (χ0) is 41.3. The first-order chi connectivity index (χ1) is 29.5. The fourth-order valence-corrected chi connectivity index (χ4v) is 12.8. The number of rotatable bonds is 18. The zero-order valence-corrected chi connectivity index (χ0v) is 38.8. The Bertz CT molecular complexity index is 2470. The molecular formula is C54H56N2S4. The van der Waals surface area contributed by atoms with Crippen LogP contribution in [0.2, 0.25) is 0 Å². The third-order valence-corrected chi connectivity index (χ3v) is 16.4. The molecule has 306 valence electrons. The number of nitrogens with zero attached hydrogens (tertiary/aromatic N) is 2. The highest BCUT2D eigenvalue weighted by molar-refractivity contribution is 7.26. The quantitative estimate of drug-likeness (QED) is 0.0601. The van der Waals surface area contributed by atoms with Crippen LogP contribution in [0.25, 0.3) is 61.5 Å². The van der Waals surface area contributed by atoms with Crippen molar-refractivity contribution in [1.29, 1.82) is 0 Å². The molecule has 8 rings (SSSR count). The van der Waals surface area contributed by atoms with Crippen molar-refractivity contribution in [3.8, 4) is 73.4 Å². The molecule has 2 nitrogen and oxygen atoms in total. The van der Waals surface area contributed by atoms with Crippen LogP contribution in [0, 0.1) is 11.8 Å². The minimum Gasteiger partial charge on any atom is -0.347 e. The van der Waals surface area contributed by atoms with Gasteiger partial charge >= 0.3 is 0 Å². The Morgan fingerprint density at radius 1 is 0.417 bits per heavy atom. The van der Waals surface area contributed by atoms with Gasteiger partial charge in [-0.1, -0.05) is 88.5 Å². The van der Waals surface area contributed by atoms with Gasteiger partial charge in [0.1, 0.15) is 0 Å². The van der Waals surface area contributed by atoms with E-state index in [1.807, 2.05) is 45.3 Å². The summed E-state index contributed by atoms with van der Waals surface area (Å²) < 4.78 is 4.67. The number of hydrogen-bond donors (Lipinski definition) is 0. The Kier molecular flexibility index (Phi) is 14.2. The van der Waals surface area contributed by atoms with Gasteiger partial charge in [-0.15, -0.1) is 45.3 Å². The minimum absolute atomic E-state index is 0.984. The second kappa shape index (κ2) is 20.3. The van der Waals surface area contributed by atoms with E-state index in [0.717, 1.165) is 37.1 Å². The lowest BCUT2D eigenvalue weighted by atomic mass is 10.0. The second-order valence-electron chi connectivity index (χ2n) is 15.6. The summed E-state index contributed by atoms with van der Waals surface area (Å²) in [6, 6.07) is 40.7. The van der Waals surface area contributed by atoms with Crippen molar-refractivity contribution in [3.05, 3.63) is 144 Å². The Labute approximate surface area is 374 Å². The Balaban J connectivity index is 0.983. The summed E-state index contributed by atoms with van der Waals surface area (Å²) in [5.74, 6) is 6.90. The zero-order valence-electron chi connectivity index (χ0n) is 35.6. The molecule has 0 radical (unpaired) electrons. The van der Waals surface area contributed by atoms with Crippen LogP contribution in [0.15, 0.2) is 122 Å². The number of aryl methyl sites for hydroxylation is 4. The van der Waals surface area contributed by atoms with Crippen LogP contribution in [0.5, 0.6) is 0 Å². The van der Waals surface area contributed by atoms with Crippen LogP contribution in [0.4, 0.5) is 0 Å². The lowest BCUT2D eigenvalue weighted by molar-refractivity contribution is 0.668. The highest BCUT2D eigenvalue weighted by atomic mass is 32.1. The molecule has 0 aliphatic heterocycles. The average Bonchev–Trinajstić information content (AvgIpc) is 4.14. The van der Waals surface area contributed by atoms with Crippen molar-refractivity contribution < 1.29 is 0 Å². The van der Waals surface area contributed by atoms with Gasteiger partial charge in [0.15, 0.2) is 0 Å². The molecule has 0 aliphatic rings. The molecule has 0 saturated heterocycles. The molecule has 0 amide bonds. The topological polar surface area (TPSA) is 9.86 Å². The summed E-state index contributed by atoms with van der Waals surface area (Å²) in [6.45, 7) is 11.0. The van der Waals surface area contributed by atoms with E-state index in [1.54, 1.807) is 0 Å². The first-order valence-electron chi connectivity index (χ1n) is 22.0. The van der Waals surface area contributed by atoms with Crippen molar-refractivity contribution >= 4 is 45.3 Å². The highest BCUT2D eigenvalue weighted by Gasteiger charge is 2.18. The first kappa shape index (κ1) is 42.1. The van der Waals surface area contributed by atoms with Gasteiger partial charge in [0.25, 0.3) is 0 Å². The normalized spacial score (nSPS) is 11.3. The molecule has 2 aromatic carbocycles. The number of benzene rings is 2. The Hall–Kier alpha value is -4.64. The molecule has 60 heavy (non-hydrogen) atoms. The van der Waals surface area contributed by atoms with Gasteiger partial charge in [0.05, 0.1) is 21.1 Å². The lowest BCUT2D eigenvalue weighted by Gasteiger charge is -2.04. The summed E-state index contributed by atoms with van der Waals surface area (Å²) in [6.07, 6.45) is 16.8. The van der Waals surface area contributed by atoms with Crippen LogP contribution in [0.3, 0.4) is 0 Å². The van der Waals surface area contributed by atoms with E-state index in [-0.39, 0.29) is 0 Å². The van der Waals surface area contributed by atoms with E-state index >= 15 is 0 Å². The molecule has 6 aromatic heterocycles. The maximum absolute atomic E-state index is 3.45. The van der Waals surface area contributed by atoms with Crippen LogP contribution < -0.4 is 0 Å². The summed E-state index contributed by atoms with van der Waals surface area (Å²) in [5, 5.41) is 0. The maximum Gasteiger partial charge on any atom is 0.0581 e. The molecule has 0 spiro atoms. The smallest absolute Gasteiger partial charge is 0.0581 e. The molecule has 0 unspecified atom stereocenters. The predicted molar refractivity (Wildman–Crippen MR) is 266 cm³/mol. The standard InChI is InChI=1S/C54H56N2S4/c1-5-9-11-13-17-43-37-51(59-53(43)49-33-31-47(57-49)45-19-15-35-55(45)7-3)41-27-23-39(24-28-41)21-22-40-25-29-42(30-26-40)52-38-44(18-14-12-10-6-2)54(60-52)50-34-32-48(58-50)46-20-16-36-56(46)8-4/h15-16,19-20,23-38H,5-14,17-18H2,1-4H3. The molecule has 0 fully saturated rings. The van der Waals surface area contributed by atoms with Gasteiger partial charge in [-0.25, -0.2) is 0 Å². The van der Waals surface area contributed by atoms with Crippen molar-refractivity contribution in [3.63, 3.8) is 0 Å². The van der Waals surface area contributed by atoms with E-state index in [0.29, 0.717) is 0 Å². The van der Waals surface area contributed by atoms with Crippen molar-refractivity contribution in [2.45, 2.75) is 105 Å². The fraction of sp³-hybridized carbons (Fsp3) is 0.296. The molecule has 0 atom stereocenters. The molecule has 6 heterocycles. The third-order valence-electron chi connectivity index (χ3n) is 11.4. The van der Waals surface area contributed by atoms with Gasteiger partial charge in [0, 0.05) is 65.9 Å². The van der Waals surface area contributed by atoms with Crippen LogP contribution >= 0.6 is 45.3 Å². The van der Waals surface area contributed by atoms with E-state index in [2.05, 4.69) is 170 Å². The predicted octanol–water partition coefficient (Wildman–Crippen LogP) is 17.2. The third kappa shape index (κ3) is 9.77. The summed E-state index contributed by atoms with van der Waals surface area (Å²) in [5.41, 5.74) is 10.2. The SMILES string of the molecule is CCCCCCc1cc(-c2ccc(C#Cc3ccc(-c4cc(CCCCCC)c(-c5ccc(-c6cccn6CC)s5)s4)cc3)cc2)sc1-c1ccc(-c2cccn2CC)s1. The number of unbranched alkanes of at least 4 members (excludes halogenated alkanes) is 6. The van der Waals surface area contributed by atoms with Gasteiger partial charge in [-0.05, 0) is 147 Å². The van der Waals surface area contributed by atoms with Gasteiger partial charge < -0.3 is 9.13 Å². The van der Waals surface area contributed by atoms with Crippen LogP contribution in [0.1, 0.15) is 101 Å². The van der Waals surface area contributed by atoms with E-state index < -0.39 is 0 Å². The summed E-state index contributed by atoms with van der Waals surface area (Å²) in [4.78, 5) is 11.0. The summed E-state index contributed by atoms with van der Waals surface area (Å²) in [7, 11) is 0. The number of aromatic nitrogens is 2. The second-order valence-corrected chi connectivity index (χ2v) is 19.9. The van der Waals surface area contributed by atoms with E-state index in [4.69, 9.17) is 0 Å². The largest absolute Gasteiger partial charge is 0.347 e. The van der Waals surface area contributed by atoms with Gasteiger partial charge in [-0.2, -0.15) is 0 Å². The first-order valence-corrected chi connectivity index (χ1v) is 25.3. The molecule has 0 aliphatic carbocycles. The highest BCUT2D eigenvalue weighted by Crippen LogP contribution is 2.45. The molecule has 6 heteroatoms. The number of thiophene rings is 4. The lowest BCUT2D eigenvalue weighted by Crippen LogP contribution is -1.92. The maximum atomic E-state index is 3.45. The summed E-state index contributed by atoms with van der Waals surface area (Å²) >= 11 is 7.73. The van der Waals surface area contributed by atoms with Gasteiger partial charge in [-0.3, -0.25) is 0 Å². The van der Waals surface area contributed by atoms with Crippen molar-refractivity contribution in [2.75, 3.05) is 0 Å². The van der Waals surface area contributed by atoms with E-state index in [9.17, 15) is 0 Å². The minimum atomic E-state index is 0.984. The molecule has 0 N–H and O–H groups in total. The fourth-order valence-electron chi connectivity index (χ4n) is 8.02. The van der Waals surface area contributed by atoms with Crippen molar-refractivity contribution in [2.24, 2.45) is 0 Å². The molecular weight excluding hydrogens is 805 g/mol. The van der Waals surface area contributed by atoms with Crippen molar-refractivity contribution in [1.82, 2.24) is 9.13 Å².